The second-order valence-electron chi connectivity index (χ2n) is 7.22. The van der Waals surface area contributed by atoms with Crippen LogP contribution in [0, 0.1) is 23.2 Å². The molecule has 0 spiro atoms. The topological polar surface area (TPSA) is 66.8 Å². The van der Waals surface area contributed by atoms with Gasteiger partial charge in [-0.1, -0.05) is 24.1 Å². The molecule has 3 heterocycles. The average molecular weight is 385 g/mol. The number of aromatic nitrogens is 3. The minimum Gasteiger partial charge on any atom is -0.342 e. The number of imidazole rings is 1. The van der Waals surface area contributed by atoms with Crippen molar-refractivity contribution < 1.29 is 0 Å². The molecule has 1 aromatic carbocycles. The Hall–Kier alpha value is -3.51. The van der Waals surface area contributed by atoms with Crippen molar-refractivity contribution in [3.05, 3.63) is 58.0 Å². The third-order valence-electron chi connectivity index (χ3n) is 5.38. The van der Waals surface area contributed by atoms with Gasteiger partial charge >= 0.3 is 0 Å². The lowest BCUT2D eigenvalue weighted by atomic mass is 10.1. The van der Waals surface area contributed by atoms with E-state index in [-0.39, 0.29) is 5.56 Å². The summed E-state index contributed by atoms with van der Waals surface area (Å²) < 4.78 is 3.60. The Labute approximate surface area is 170 Å². The Morgan fingerprint density at radius 2 is 1.93 bits per heavy atom. The van der Waals surface area contributed by atoms with E-state index >= 15 is 0 Å². The van der Waals surface area contributed by atoms with Crippen LogP contribution in [0.5, 0.6) is 0 Å². The van der Waals surface area contributed by atoms with Crippen LogP contribution < -0.4 is 10.5 Å². The van der Waals surface area contributed by atoms with Crippen LogP contribution in [-0.4, -0.2) is 27.2 Å². The minimum atomic E-state index is -0.107. The molecule has 1 fully saturated rings. The fraction of sp³-hybridized carbons (Fsp3) is 0.348. The van der Waals surface area contributed by atoms with Crippen LogP contribution in [0.4, 0.5) is 5.95 Å². The van der Waals surface area contributed by atoms with E-state index in [4.69, 9.17) is 4.98 Å². The van der Waals surface area contributed by atoms with Crippen molar-refractivity contribution in [3.63, 3.8) is 0 Å². The number of hydrogen-bond acceptors (Lipinski definition) is 4. The van der Waals surface area contributed by atoms with Crippen molar-refractivity contribution in [2.45, 2.75) is 39.3 Å². The van der Waals surface area contributed by atoms with Gasteiger partial charge < -0.3 is 9.47 Å². The maximum absolute atomic E-state index is 13.4. The highest BCUT2D eigenvalue weighted by Gasteiger charge is 2.21. The average Bonchev–Trinajstić information content (AvgIpc) is 3.14. The molecule has 1 aliphatic heterocycles. The summed E-state index contributed by atoms with van der Waals surface area (Å²) in [6, 6.07) is 11.5. The molecule has 6 nitrogen and oxygen atoms in total. The number of rotatable bonds is 4. The zero-order valence-corrected chi connectivity index (χ0v) is 16.6. The van der Waals surface area contributed by atoms with Crippen LogP contribution in [0.25, 0.3) is 11.0 Å². The third kappa shape index (κ3) is 3.62. The molecule has 29 heavy (non-hydrogen) atoms. The summed E-state index contributed by atoms with van der Waals surface area (Å²) in [6.45, 7) is 4.49. The molecule has 0 amide bonds. The first kappa shape index (κ1) is 18.8. The van der Waals surface area contributed by atoms with Crippen molar-refractivity contribution in [2.75, 3.05) is 18.0 Å². The lowest BCUT2D eigenvalue weighted by Gasteiger charge is -2.27. The number of anilines is 1. The molecule has 0 aliphatic carbocycles. The molecule has 146 valence electrons. The Kier molecular flexibility index (Phi) is 5.35. The number of benzene rings is 1. The van der Waals surface area contributed by atoms with Crippen LogP contribution in [-0.2, 0) is 13.1 Å². The number of fused-ring (bicyclic) bond motifs is 1. The van der Waals surface area contributed by atoms with Gasteiger partial charge in [0.05, 0.1) is 30.2 Å². The first-order chi connectivity index (χ1) is 14.2. The SMILES string of the molecule is CC#CCn1c(N2CCCCC2)nc2ccn(Cc3ccccc3C#N)c(=O)c21. The van der Waals surface area contributed by atoms with E-state index in [1.54, 1.807) is 23.8 Å². The molecule has 3 aromatic rings. The van der Waals surface area contributed by atoms with Gasteiger partial charge in [0.2, 0.25) is 5.95 Å². The molecule has 0 N–H and O–H groups in total. The van der Waals surface area contributed by atoms with E-state index in [9.17, 15) is 10.1 Å². The minimum absolute atomic E-state index is 0.107. The summed E-state index contributed by atoms with van der Waals surface area (Å²) in [4.78, 5) is 20.4. The molecule has 6 heteroatoms. The highest BCUT2D eigenvalue weighted by atomic mass is 16.1. The second kappa shape index (κ2) is 8.24. The molecule has 1 aliphatic rings. The lowest BCUT2D eigenvalue weighted by Crippen LogP contribution is -2.32. The van der Waals surface area contributed by atoms with Crippen LogP contribution in [0.2, 0.25) is 0 Å². The van der Waals surface area contributed by atoms with Gasteiger partial charge in [0.1, 0.15) is 5.52 Å². The predicted molar refractivity (Wildman–Crippen MR) is 114 cm³/mol. The van der Waals surface area contributed by atoms with Gasteiger partial charge in [-0.15, -0.1) is 5.92 Å². The Morgan fingerprint density at radius 1 is 1.14 bits per heavy atom. The zero-order valence-electron chi connectivity index (χ0n) is 16.6. The summed E-state index contributed by atoms with van der Waals surface area (Å²) in [5.41, 5.74) is 2.57. The molecule has 4 rings (SSSR count). The molecular weight excluding hydrogens is 362 g/mol. The molecule has 0 unspecified atom stereocenters. The largest absolute Gasteiger partial charge is 0.342 e. The summed E-state index contributed by atoms with van der Waals surface area (Å²) in [5, 5.41) is 9.35. The highest BCUT2D eigenvalue weighted by molar-refractivity contribution is 5.78. The van der Waals surface area contributed by atoms with Crippen LogP contribution in [0.15, 0.2) is 41.3 Å². The fourth-order valence-corrected chi connectivity index (χ4v) is 3.88. The van der Waals surface area contributed by atoms with E-state index in [1.807, 2.05) is 28.8 Å². The molecular formula is C23H23N5O. The first-order valence-corrected chi connectivity index (χ1v) is 9.95. The standard InChI is InChI=1S/C23H23N5O/c1-2-3-14-28-21-20(25-23(28)26-12-7-4-8-13-26)11-15-27(22(21)29)17-19-10-6-5-9-18(19)16-24/h5-6,9-11,15H,4,7-8,12-14,17H2,1H3. The van der Waals surface area contributed by atoms with Crippen molar-refractivity contribution in [2.24, 2.45) is 0 Å². The normalized spacial score (nSPS) is 13.7. The quantitative estimate of drug-likeness (QED) is 0.647. The number of piperidine rings is 1. The van der Waals surface area contributed by atoms with Gasteiger partial charge in [-0.2, -0.15) is 5.26 Å². The molecule has 0 radical (unpaired) electrons. The number of hydrogen-bond donors (Lipinski definition) is 0. The summed E-state index contributed by atoms with van der Waals surface area (Å²) >= 11 is 0. The van der Waals surface area contributed by atoms with Gasteiger partial charge in [-0.25, -0.2) is 4.98 Å². The summed E-state index contributed by atoms with van der Waals surface area (Å²) in [5.74, 6) is 6.85. The van der Waals surface area contributed by atoms with E-state index < -0.39 is 0 Å². The summed E-state index contributed by atoms with van der Waals surface area (Å²) in [7, 11) is 0. The van der Waals surface area contributed by atoms with E-state index in [2.05, 4.69) is 22.8 Å². The summed E-state index contributed by atoms with van der Waals surface area (Å²) in [6.07, 6.45) is 5.27. The van der Waals surface area contributed by atoms with E-state index in [0.29, 0.717) is 29.7 Å². The van der Waals surface area contributed by atoms with Crippen LogP contribution in [0.1, 0.15) is 37.3 Å². The lowest BCUT2D eigenvalue weighted by molar-refractivity contribution is 0.561. The molecule has 0 bridgehead atoms. The Morgan fingerprint density at radius 3 is 2.69 bits per heavy atom. The fourth-order valence-electron chi connectivity index (χ4n) is 3.88. The van der Waals surface area contributed by atoms with Gasteiger partial charge in [-0.3, -0.25) is 9.36 Å². The van der Waals surface area contributed by atoms with Gasteiger partial charge in [0.15, 0.2) is 0 Å². The second-order valence-corrected chi connectivity index (χ2v) is 7.22. The zero-order chi connectivity index (χ0) is 20.2. The van der Waals surface area contributed by atoms with Gasteiger partial charge in [0, 0.05) is 19.3 Å². The molecule has 1 saturated heterocycles. The monoisotopic (exact) mass is 385 g/mol. The van der Waals surface area contributed by atoms with E-state index in [1.165, 1.54) is 6.42 Å². The van der Waals surface area contributed by atoms with E-state index in [0.717, 1.165) is 37.4 Å². The highest BCUT2D eigenvalue weighted by Crippen LogP contribution is 2.23. The van der Waals surface area contributed by atoms with Crippen molar-refractivity contribution >= 4 is 17.0 Å². The van der Waals surface area contributed by atoms with Crippen molar-refractivity contribution in [3.8, 4) is 17.9 Å². The van der Waals surface area contributed by atoms with Crippen molar-refractivity contribution in [1.82, 2.24) is 14.1 Å². The Balaban J connectivity index is 1.82. The van der Waals surface area contributed by atoms with Gasteiger partial charge in [0.25, 0.3) is 5.56 Å². The number of nitriles is 1. The molecule has 0 saturated carbocycles. The number of pyridine rings is 1. The van der Waals surface area contributed by atoms with Crippen LogP contribution >= 0.6 is 0 Å². The maximum Gasteiger partial charge on any atom is 0.277 e. The van der Waals surface area contributed by atoms with Gasteiger partial charge in [-0.05, 0) is 43.9 Å². The maximum atomic E-state index is 13.4. The molecule has 2 aromatic heterocycles. The smallest absolute Gasteiger partial charge is 0.277 e. The predicted octanol–water partition coefficient (Wildman–Crippen LogP) is 3.13. The Bertz CT molecular complexity index is 1200. The number of nitrogens with zero attached hydrogens (tertiary/aromatic N) is 5. The molecule has 0 atom stereocenters. The first-order valence-electron chi connectivity index (χ1n) is 9.95. The van der Waals surface area contributed by atoms with Crippen LogP contribution in [0.3, 0.4) is 0 Å². The van der Waals surface area contributed by atoms with Crippen molar-refractivity contribution in [1.29, 1.82) is 5.26 Å². The third-order valence-corrected chi connectivity index (χ3v) is 5.38.